The Bertz CT molecular complexity index is 517. The number of aryl methyl sites for hydroxylation is 2. The number of hydrogen-bond donors (Lipinski definition) is 1. The van der Waals surface area contributed by atoms with Crippen molar-refractivity contribution in [2.75, 3.05) is 0 Å². The molecule has 0 aliphatic rings. The summed E-state index contributed by atoms with van der Waals surface area (Å²) in [7, 11) is 1.93. The second-order valence-electron chi connectivity index (χ2n) is 3.75. The molecule has 0 amide bonds. The van der Waals surface area contributed by atoms with Crippen LogP contribution in [-0.2, 0) is 13.6 Å². The van der Waals surface area contributed by atoms with Crippen molar-refractivity contribution in [3.8, 4) is 11.1 Å². The highest BCUT2D eigenvalue weighted by atomic mass is 79.9. The minimum atomic E-state index is 0.499. The molecule has 0 atom stereocenters. The van der Waals surface area contributed by atoms with E-state index in [2.05, 4.69) is 33.2 Å². The molecule has 1 heterocycles. The van der Waals surface area contributed by atoms with E-state index in [1.807, 2.05) is 30.8 Å². The lowest BCUT2D eigenvalue weighted by Gasteiger charge is -2.04. The van der Waals surface area contributed by atoms with Gasteiger partial charge in [0, 0.05) is 23.6 Å². The highest BCUT2D eigenvalue weighted by Crippen LogP contribution is 2.28. The van der Waals surface area contributed by atoms with E-state index in [1.165, 1.54) is 0 Å². The zero-order chi connectivity index (χ0) is 11.7. The standard InChI is InChI=1S/C12H14BrN3/c1-8-12(11(7-14)16(2)15-8)9-4-3-5-10(13)6-9/h3-6H,7,14H2,1-2H3. The van der Waals surface area contributed by atoms with Crippen molar-refractivity contribution in [2.24, 2.45) is 12.8 Å². The number of nitrogens with zero attached hydrogens (tertiary/aromatic N) is 2. The van der Waals surface area contributed by atoms with E-state index in [0.29, 0.717) is 6.54 Å². The van der Waals surface area contributed by atoms with Gasteiger partial charge < -0.3 is 5.73 Å². The van der Waals surface area contributed by atoms with E-state index >= 15 is 0 Å². The fourth-order valence-electron chi connectivity index (χ4n) is 1.96. The van der Waals surface area contributed by atoms with Gasteiger partial charge in [-0.3, -0.25) is 4.68 Å². The average molecular weight is 280 g/mol. The van der Waals surface area contributed by atoms with E-state index in [9.17, 15) is 0 Å². The smallest absolute Gasteiger partial charge is 0.0675 e. The van der Waals surface area contributed by atoms with Gasteiger partial charge in [-0.05, 0) is 24.6 Å². The van der Waals surface area contributed by atoms with Gasteiger partial charge in [-0.25, -0.2) is 0 Å². The molecule has 0 unspecified atom stereocenters. The summed E-state index contributed by atoms with van der Waals surface area (Å²) in [5.74, 6) is 0. The molecule has 3 nitrogen and oxygen atoms in total. The van der Waals surface area contributed by atoms with Crippen LogP contribution in [0.4, 0.5) is 0 Å². The first-order valence-electron chi connectivity index (χ1n) is 5.12. The van der Waals surface area contributed by atoms with Crippen molar-refractivity contribution in [1.82, 2.24) is 9.78 Å². The molecule has 0 spiro atoms. The van der Waals surface area contributed by atoms with Crippen molar-refractivity contribution in [2.45, 2.75) is 13.5 Å². The summed E-state index contributed by atoms with van der Waals surface area (Å²) in [5, 5.41) is 4.41. The zero-order valence-electron chi connectivity index (χ0n) is 9.37. The molecule has 1 aromatic carbocycles. The normalized spacial score (nSPS) is 10.8. The van der Waals surface area contributed by atoms with Gasteiger partial charge in [-0.1, -0.05) is 28.1 Å². The molecule has 0 aliphatic heterocycles. The van der Waals surface area contributed by atoms with Gasteiger partial charge in [0.15, 0.2) is 0 Å². The molecule has 0 bridgehead atoms. The fraction of sp³-hybridized carbons (Fsp3) is 0.250. The predicted molar refractivity (Wildman–Crippen MR) is 69.0 cm³/mol. The molecule has 0 saturated carbocycles. The first-order chi connectivity index (χ1) is 7.63. The summed E-state index contributed by atoms with van der Waals surface area (Å²) >= 11 is 3.48. The predicted octanol–water partition coefficient (Wildman–Crippen LogP) is 2.62. The van der Waals surface area contributed by atoms with Gasteiger partial charge in [0.2, 0.25) is 0 Å². The third kappa shape index (κ3) is 1.90. The minimum absolute atomic E-state index is 0.499. The van der Waals surface area contributed by atoms with Gasteiger partial charge >= 0.3 is 0 Å². The summed E-state index contributed by atoms with van der Waals surface area (Å²) in [4.78, 5) is 0. The molecule has 2 N–H and O–H groups in total. The highest BCUT2D eigenvalue weighted by Gasteiger charge is 2.13. The maximum atomic E-state index is 5.77. The van der Waals surface area contributed by atoms with Gasteiger partial charge in [0.05, 0.1) is 11.4 Å². The summed E-state index contributed by atoms with van der Waals surface area (Å²) < 4.78 is 2.92. The number of benzene rings is 1. The Morgan fingerprint density at radius 2 is 2.19 bits per heavy atom. The summed E-state index contributed by atoms with van der Waals surface area (Å²) in [6.45, 7) is 2.51. The first kappa shape index (κ1) is 11.4. The molecular formula is C12H14BrN3. The molecular weight excluding hydrogens is 266 g/mol. The molecule has 1 aromatic heterocycles. The largest absolute Gasteiger partial charge is 0.325 e. The molecule has 0 radical (unpaired) electrons. The molecule has 0 fully saturated rings. The van der Waals surface area contributed by atoms with Crippen LogP contribution in [0.15, 0.2) is 28.7 Å². The van der Waals surface area contributed by atoms with E-state index < -0.39 is 0 Å². The summed E-state index contributed by atoms with van der Waals surface area (Å²) in [6, 6.07) is 8.20. The van der Waals surface area contributed by atoms with Crippen molar-refractivity contribution < 1.29 is 0 Å². The number of halogens is 1. The summed E-state index contributed by atoms with van der Waals surface area (Å²) in [5.41, 5.74) is 10.1. The Balaban J connectivity index is 2.63. The quantitative estimate of drug-likeness (QED) is 0.919. The Morgan fingerprint density at radius 1 is 1.44 bits per heavy atom. The SMILES string of the molecule is Cc1nn(C)c(CN)c1-c1cccc(Br)c1. The van der Waals surface area contributed by atoms with Crippen LogP contribution in [-0.4, -0.2) is 9.78 Å². The van der Waals surface area contributed by atoms with E-state index in [0.717, 1.165) is 27.0 Å². The maximum Gasteiger partial charge on any atom is 0.0675 e. The van der Waals surface area contributed by atoms with Crippen LogP contribution in [0.1, 0.15) is 11.4 Å². The first-order valence-corrected chi connectivity index (χ1v) is 5.91. The highest BCUT2D eigenvalue weighted by molar-refractivity contribution is 9.10. The lowest BCUT2D eigenvalue weighted by Crippen LogP contribution is -2.05. The van der Waals surface area contributed by atoms with Crippen molar-refractivity contribution in [1.29, 1.82) is 0 Å². The molecule has 2 rings (SSSR count). The molecule has 84 valence electrons. The van der Waals surface area contributed by atoms with E-state index in [-0.39, 0.29) is 0 Å². The topological polar surface area (TPSA) is 43.8 Å². The third-order valence-corrected chi connectivity index (χ3v) is 3.14. The second kappa shape index (κ2) is 4.39. The Kier molecular flexibility index (Phi) is 3.12. The van der Waals surface area contributed by atoms with E-state index in [1.54, 1.807) is 0 Å². The Hall–Kier alpha value is -1.13. The Morgan fingerprint density at radius 3 is 2.81 bits per heavy atom. The second-order valence-corrected chi connectivity index (χ2v) is 4.66. The summed E-state index contributed by atoms with van der Waals surface area (Å²) in [6.07, 6.45) is 0. The molecule has 16 heavy (non-hydrogen) atoms. The van der Waals surface area contributed by atoms with Crippen molar-refractivity contribution in [3.63, 3.8) is 0 Å². The van der Waals surface area contributed by atoms with Gasteiger partial charge in [0.1, 0.15) is 0 Å². The Labute approximate surface area is 103 Å². The molecule has 0 aliphatic carbocycles. The van der Waals surface area contributed by atoms with Crippen molar-refractivity contribution in [3.05, 3.63) is 40.1 Å². The lowest BCUT2D eigenvalue weighted by atomic mass is 10.0. The van der Waals surface area contributed by atoms with Gasteiger partial charge in [-0.2, -0.15) is 5.10 Å². The fourth-order valence-corrected chi connectivity index (χ4v) is 2.36. The molecule has 2 aromatic rings. The monoisotopic (exact) mass is 279 g/mol. The molecule has 0 saturated heterocycles. The third-order valence-electron chi connectivity index (χ3n) is 2.65. The van der Waals surface area contributed by atoms with Crippen LogP contribution in [0.25, 0.3) is 11.1 Å². The van der Waals surface area contributed by atoms with Gasteiger partial charge in [-0.15, -0.1) is 0 Å². The average Bonchev–Trinajstić information content (AvgIpc) is 2.52. The van der Waals surface area contributed by atoms with Crippen LogP contribution in [0.3, 0.4) is 0 Å². The van der Waals surface area contributed by atoms with Gasteiger partial charge in [0.25, 0.3) is 0 Å². The number of aromatic nitrogens is 2. The van der Waals surface area contributed by atoms with Crippen LogP contribution < -0.4 is 5.73 Å². The maximum absolute atomic E-state index is 5.77. The molecule has 4 heteroatoms. The van der Waals surface area contributed by atoms with Crippen molar-refractivity contribution >= 4 is 15.9 Å². The number of nitrogens with two attached hydrogens (primary N) is 1. The minimum Gasteiger partial charge on any atom is -0.325 e. The number of rotatable bonds is 2. The van der Waals surface area contributed by atoms with E-state index in [4.69, 9.17) is 5.73 Å². The zero-order valence-corrected chi connectivity index (χ0v) is 11.0. The number of hydrogen-bond acceptors (Lipinski definition) is 2. The van der Waals surface area contributed by atoms with Crippen LogP contribution >= 0.6 is 15.9 Å². The van der Waals surface area contributed by atoms with Crippen LogP contribution in [0.5, 0.6) is 0 Å². The van der Waals surface area contributed by atoms with Crippen LogP contribution in [0.2, 0.25) is 0 Å². The van der Waals surface area contributed by atoms with Crippen LogP contribution in [0, 0.1) is 6.92 Å². The lowest BCUT2D eigenvalue weighted by molar-refractivity contribution is 0.706.